The highest BCUT2D eigenvalue weighted by atomic mass is 16.5. The summed E-state index contributed by atoms with van der Waals surface area (Å²) in [6.07, 6.45) is 22.3. The van der Waals surface area contributed by atoms with E-state index in [1.807, 2.05) is 6.92 Å². The van der Waals surface area contributed by atoms with Crippen molar-refractivity contribution in [3.63, 3.8) is 0 Å². The number of rotatable bonds is 23. The summed E-state index contributed by atoms with van der Waals surface area (Å²) in [6.45, 7) is 6.91. The van der Waals surface area contributed by atoms with Crippen LogP contribution in [0.1, 0.15) is 149 Å². The van der Waals surface area contributed by atoms with Crippen molar-refractivity contribution in [3.8, 4) is 0 Å². The maximum absolute atomic E-state index is 11.8. The van der Waals surface area contributed by atoms with Gasteiger partial charge in [0.15, 0.2) is 0 Å². The zero-order chi connectivity index (χ0) is 23.0. The molecule has 0 bridgehead atoms. The lowest BCUT2D eigenvalue weighted by Crippen LogP contribution is -2.15. The van der Waals surface area contributed by atoms with Crippen molar-refractivity contribution in [1.29, 1.82) is 0 Å². The fraction of sp³-hybridized carbons (Fsp3) is 0.926. The lowest BCUT2D eigenvalue weighted by Gasteiger charge is -2.13. The van der Waals surface area contributed by atoms with Gasteiger partial charge in [-0.1, -0.05) is 104 Å². The molecule has 0 aromatic carbocycles. The number of esters is 2. The predicted octanol–water partition coefficient (Wildman–Crippen LogP) is 8.30. The molecule has 0 aliphatic rings. The summed E-state index contributed by atoms with van der Waals surface area (Å²) >= 11 is 0. The molecule has 0 amide bonds. The normalized spacial score (nSPS) is 12.0. The van der Waals surface area contributed by atoms with Gasteiger partial charge in [-0.25, -0.2) is 0 Å². The molecule has 4 heteroatoms. The molecule has 0 heterocycles. The van der Waals surface area contributed by atoms with Gasteiger partial charge in [0.1, 0.15) is 0 Å². The molecule has 0 N–H and O–H groups in total. The predicted molar refractivity (Wildman–Crippen MR) is 130 cm³/mol. The highest BCUT2D eigenvalue weighted by Crippen LogP contribution is 2.12. The Morgan fingerprint density at radius 2 is 1.03 bits per heavy atom. The third-order valence-electron chi connectivity index (χ3n) is 5.82. The Kier molecular flexibility index (Phi) is 22.8. The smallest absolute Gasteiger partial charge is 0.306 e. The lowest BCUT2D eigenvalue weighted by atomic mass is 10.1. The minimum Gasteiger partial charge on any atom is -0.466 e. The Balaban J connectivity index is 3.38. The van der Waals surface area contributed by atoms with Crippen LogP contribution in [0, 0.1) is 0 Å². The molecule has 0 fully saturated rings. The Morgan fingerprint density at radius 3 is 1.58 bits per heavy atom. The van der Waals surface area contributed by atoms with Crippen LogP contribution in [-0.4, -0.2) is 24.6 Å². The molecule has 0 aliphatic carbocycles. The Labute approximate surface area is 193 Å². The molecule has 4 nitrogen and oxygen atoms in total. The average molecular weight is 441 g/mol. The topological polar surface area (TPSA) is 52.6 Å². The van der Waals surface area contributed by atoms with Crippen LogP contribution in [0.4, 0.5) is 0 Å². The van der Waals surface area contributed by atoms with Crippen LogP contribution < -0.4 is 0 Å². The monoisotopic (exact) mass is 440 g/mol. The fourth-order valence-electron chi connectivity index (χ4n) is 3.78. The quantitative estimate of drug-likeness (QED) is 0.118. The van der Waals surface area contributed by atoms with Gasteiger partial charge in [0, 0.05) is 12.8 Å². The van der Waals surface area contributed by atoms with E-state index in [1.54, 1.807) is 0 Å². The first-order valence-electron chi connectivity index (χ1n) is 13.4. The second kappa shape index (κ2) is 23.6. The van der Waals surface area contributed by atoms with E-state index in [1.165, 1.54) is 83.5 Å². The number of ether oxygens (including phenoxy) is 2. The summed E-state index contributed by atoms with van der Waals surface area (Å²) in [7, 11) is 0. The maximum Gasteiger partial charge on any atom is 0.306 e. The first-order valence-corrected chi connectivity index (χ1v) is 13.4. The Bertz CT molecular complexity index is 408. The van der Waals surface area contributed by atoms with Crippen LogP contribution in [0.25, 0.3) is 0 Å². The lowest BCUT2D eigenvalue weighted by molar-refractivity contribution is -0.149. The minimum absolute atomic E-state index is 0.0258. The number of carbonyl (C=O) groups is 2. The first-order chi connectivity index (χ1) is 15.1. The highest BCUT2D eigenvalue weighted by Gasteiger charge is 2.11. The molecule has 184 valence electrons. The second-order valence-electron chi connectivity index (χ2n) is 9.11. The maximum atomic E-state index is 11.8. The van der Waals surface area contributed by atoms with E-state index in [2.05, 4.69) is 13.8 Å². The van der Waals surface area contributed by atoms with Gasteiger partial charge in [-0.15, -0.1) is 0 Å². The van der Waals surface area contributed by atoms with Gasteiger partial charge in [0.05, 0.1) is 12.7 Å². The molecule has 0 saturated carbocycles. The Hall–Kier alpha value is -1.06. The van der Waals surface area contributed by atoms with Crippen LogP contribution in [0.2, 0.25) is 0 Å². The molecule has 31 heavy (non-hydrogen) atoms. The molecule has 0 aliphatic heterocycles. The average Bonchev–Trinajstić information content (AvgIpc) is 2.74. The molecular formula is C27H52O4. The standard InChI is InChI=1S/C27H52O4/c1-4-6-8-10-11-12-13-14-15-16-17-19-24-30-26(28)22-20-23-27(29)31-25(3)21-18-9-7-5-2/h25H,4-24H2,1-3H3. The molecule has 0 rings (SSSR count). The number of unbranched alkanes of at least 4 members (excludes halogenated alkanes) is 14. The van der Waals surface area contributed by atoms with E-state index >= 15 is 0 Å². The van der Waals surface area contributed by atoms with Crippen molar-refractivity contribution in [3.05, 3.63) is 0 Å². The van der Waals surface area contributed by atoms with E-state index in [-0.39, 0.29) is 18.0 Å². The number of hydrogen-bond donors (Lipinski definition) is 0. The molecular weight excluding hydrogens is 388 g/mol. The van der Waals surface area contributed by atoms with Crippen molar-refractivity contribution in [2.45, 2.75) is 155 Å². The summed E-state index contributed by atoms with van der Waals surface area (Å²) < 4.78 is 10.7. The third-order valence-corrected chi connectivity index (χ3v) is 5.82. The second-order valence-corrected chi connectivity index (χ2v) is 9.11. The highest BCUT2D eigenvalue weighted by molar-refractivity contribution is 5.72. The summed E-state index contributed by atoms with van der Waals surface area (Å²) in [5, 5.41) is 0. The van der Waals surface area contributed by atoms with Crippen LogP contribution in [0.15, 0.2) is 0 Å². The first kappa shape index (κ1) is 29.9. The number of hydrogen-bond acceptors (Lipinski definition) is 4. The van der Waals surface area contributed by atoms with Gasteiger partial charge >= 0.3 is 11.9 Å². The van der Waals surface area contributed by atoms with E-state index in [4.69, 9.17) is 9.47 Å². The molecule has 1 atom stereocenters. The molecule has 0 aromatic rings. The Morgan fingerprint density at radius 1 is 0.581 bits per heavy atom. The SMILES string of the molecule is CCCCCCCCCCCCCCOC(=O)CCCC(=O)OC(C)CCCCCC. The van der Waals surface area contributed by atoms with Crippen molar-refractivity contribution in [1.82, 2.24) is 0 Å². The zero-order valence-electron chi connectivity index (χ0n) is 21.1. The van der Waals surface area contributed by atoms with E-state index < -0.39 is 0 Å². The molecule has 0 saturated heterocycles. The van der Waals surface area contributed by atoms with Gasteiger partial charge in [-0.05, 0) is 32.6 Å². The van der Waals surface area contributed by atoms with Crippen molar-refractivity contribution >= 4 is 11.9 Å². The molecule has 0 radical (unpaired) electrons. The summed E-state index contributed by atoms with van der Waals surface area (Å²) in [5.41, 5.74) is 0. The number of carbonyl (C=O) groups excluding carboxylic acids is 2. The summed E-state index contributed by atoms with van der Waals surface area (Å²) in [4.78, 5) is 23.6. The summed E-state index contributed by atoms with van der Waals surface area (Å²) in [6, 6.07) is 0. The van der Waals surface area contributed by atoms with E-state index in [0.717, 1.165) is 25.7 Å². The van der Waals surface area contributed by atoms with Crippen LogP contribution in [-0.2, 0) is 19.1 Å². The molecule has 0 spiro atoms. The van der Waals surface area contributed by atoms with Gasteiger partial charge in [0.25, 0.3) is 0 Å². The van der Waals surface area contributed by atoms with E-state index in [9.17, 15) is 9.59 Å². The van der Waals surface area contributed by atoms with E-state index in [0.29, 0.717) is 25.9 Å². The largest absolute Gasteiger partial charge is 0.466 e. The van der Waals surface area contributed by atoms with Crippen LogP contribution >= 0.6 is 0 Å². The van der Waals surface area contributed by atoms with Crippen molar-refractivity contribution < 1.29 is 19.1 Å². The van der Waals surface area contributed by atoms with Gasteiger partial charge in [0.2, 0.25) is 0 Å². The molecule has 1 unspecified atom stereocenters. The van der Waals surface area contributed by atoms with Crippen molar-refractivity contribution in [2.75, 3.05) is 6.61 Å². The third kappa shape index (κ3) is 23.4. The van der Waals surface area contributed by atoms with Crippen molar-refractivity contribution in [2.24, 2.45) is 0 Å². The molecule has 0 aromatic heterocycles. The summed E-state index contributed by atoms with van der Waals surface area (Å²) in [5.74, 6) is -0.389. The van der Waals surface area contributed by atoms with Crippen LogP contribution in [0.5, 0.6) is 0 Å². The van der Waals surface area contributed by atoms with Crippen LogP contribution in [0.3, 0.4) is 0 Å². The minimum atomic E-state index is -0.197. The van der Waals surface area contributed by atoms with Gasteiger partial charge in [-0.3, -0.25) is 9.59 Å². The fourth-order valence-corrected chi connectivity index (χ4v) is 3.78. The van der Waals surface area contributed by atoms with Gasteiger partial charge in [-0.2, -0.15) is 0 Å². The van der Waals surface area contributed by atoms with Gasteiger partial charge < -0.3 is 9.47 Å². The zero-order valence-corrected chi connectivity index (χ0v) is 21.1.